The van der Waals surface area contributed by atoms with Crippen LogP contribution >= 0.6 is 0 Å². The van der Waals surface area contributed by atoms with Crippen molar-refractivity contribution in [2.45, 2.75) is 46.3 Å². The molecular formula is C16H23NO4. The lowest BCUT2D eigenvalue weighted by atomic mass is 10.1. The normalized spacial score (nSPS) is 13.2. The van der Waals surface area contributed by atoms with Crippen LogP contribution in [0.25, 0.3) is 0 Å². The van der Waals surface area contributed by atoms with E-state index in [1.54, 1.807) is 25.1 Å². The summed E-state index contributed by atoms with van der Waals surface area (Å²) in [6, 6.07) is 5.00. The van der Waals surface area contributed by atoms with E-state index in [0.717, 1.165) is 6.42 Å². The lowest BCUT2D eigenvalue weighted by Gasteiger charge is -2.19. The van der Waals surface area contributed by atoms with Crippen LogP contribution < -0.4 is 14.8 Å². The SMILES string of the molecule is CCC(C)NC(=O)C(C)Oc1ccc(C(C)=O)cc1OC. The van der Waals surface area contributed by atoms with Crippen LogP contribution in [0.15, 0.2) is 18.2 Å². The fourth-order valence-corrected chi connectivity index (χ4v) is 1.69. The molecular weight excluding hydrogens is 270 g/mol. The van der Waals surface area contributed by atoms with Crippen molar-refractivity contribution in [3.8, 4) is 11.5 Å². The van der Waals surface area contributed by atoms with Gasteiger partial charge in [0.1, 0.15) is 0 Å². The molecule has 1 aromatic carbocycles. The van der Waals surface area contributed by atoms with Crippen molar-refractivity contribution in [1.29, 1.82) is 0 Å². The van der Waals surface area contributed by atoms with E-state index in [1.807, 2.05) is 13.8 Å². The highest BCUT2D eigenvalue weighted by atomic mass is 16.5. The number of ether oxygens (including phenoxy) is 2. The van der Waals surface area contributed by atoms with E-state index in [2.05, 4.69) is 5.32 Å². The van der Waals surface area contributed by atoms with E-state index in [1.165, 1.54) is 14.0 Å². The second-order valence-electron chi connectivity index (χ2n) is 5.00. The van der Waals surface area contributed by atoms with Gasteiger partial charge >= 0.3 is 0 Å². The number of hydrogen-bond acceptors (Lipinski definition) is 4. The maximum Gasteiger partial charge on any atom is 0.260 e. The highest BCUT2D eigenvalue weighted by Gasteiger charge is 2.18. The maximum atomic E-state index is 12.0. The van der Waals surface area contributed by atoms with E-state index in [4.69, 9.17) is 9.47 Å². The fourth-order valence-electron chi connectivity index (χ4n) is 1.69. The molecule has 0 spiro atoms. The quantitative estimate of drug-likeness (QED) is 0.785. The summed E-state index contributed by atoms with van der Waals surface area (Å²) < 4.78 is 10.8. The minimum atomic E-state index is -0.643. The fraction of sp³-hybridized carbons (Fsp3) is 0.500. The Kier molecular flexibility index (Phi) is 6.21. The molecule has 21 heavy (non-hydrogen) atoms. The van der Waals surface area contributed by atoms with E-state index in [9.17, 15) is 9.59 Å². The van der Waals surface area contributed by atoms with Gasteiger partial charge in [0.2, 0.25) is 0 Å². The third-order valence-corrected chi connectivity index (χ3v) is 3.24. The molecule has 5 heteroatoms. The first-order valence-corrected chi connectivity index (χ1v) is 7.05. The highest BCUT2D eigenvalue weighted by Crippen LogP contribution is 2.29. The zero-order chi connectivity index (χ0) is 16.0. The Labute approximate surface area is 125 Å². The summed E-state index contributed by atoms with van der Waals surface area (Å²) >= 11 is 0. The van der Waals surface area contributed by atoms with E-state index in [-0.39, 0.29) is 17.7 Å². The van der Waals surface area contributed by atoms with E-state index < -0.39 is 6.10 Å². The second-order valence-corrected chi connectivity index (χ2v) is 5.00. The number of Topliss-reactive ketones (excluding diaryl/α,β-unsaturated/α-hetero) is 1. The van der Waals surface area contributed by atoms with Crippen molar-refractivity contribution in [2.24, 2.45) is 0 Å². The van der Waals surface area contributed by atoms with Crippen LogP contribution in [-0.4, -0.2) is 30.9 Å². The zero-order valence-corrected chi connectivity index (χ0v) is 13.2. The van der Waals surface area contributed by atoms with Crippen molar-refractivity contribution in [1.82, 2.24) is 5.32 Å². The van der Waals surface area contributed by atoms with Gasteiger partial charge in [-0.15, -0.1) is 0 Å². The first kappa shape index (κ1) is 17.0. The van der Waals surface area contributed by atoms with Crippen LogP contribution in [0.1, 0.15) is 44.5 Å². The van der Waals surface area contributed by atoms with E-state index >= 15 is 0 Å². The van der Waals surface area contributed by atoms with Gasteiger partial charge in [0, 0.05) is 11.6 Å². The number of rotatable bonds is 7. The first-order valence-electron chi connectivity index (χ1n) is 7.05. The van der Waals surface area contributed by atoms with Gasteiger partial charge in [0.15, 0.2) is 23.4 Å². The molecule has 0 radical (unpaired) electrons. The number of amides is 1. The van der Waals surface area contributed by atoms with Gasteiger partial charge in [-0.25, -0.2) is 0 Å². The Hall–Kier alpha value is -2.04. The molecule has 0 bridgehead atoms. The Balaban J connectivity index is 2.82. The summed E-state index contributed by atoms with van der Waals surface area (Å²) in [5, 5.41) is 2.86. The molecule has 0 saturated carbocycles. The molecule has 0 aliphatic rings. The summed E-state index contributed by atoms with van der Waals surface area (Å²) in [6.45, 7) is 7.10. The Bertz CT molecular complexity index is 513. The van der Waals surface area contributed by atoms with Crippen LogP contribution in [0.2, 0.25) is 0 Å². The minimum absolute atomic E-state index is 0.0533. The third kappa shape index (κ3) is 4.77. The second kappa shape index (κ2) is 7.67. The average Bonchev–Trinajstić information content (AvgIpc) is 2.46. The van der Waals surface area contributed by atoms with Crippen molar-refractivity contribution < 1.29 is 19.1 Å². The van der Waals surface area contributed by atoms with Gasteiger partial charge < -0.3 is 14.8 Å². The molecule has 1 N–H and O–H groups in total. The molecule has 0 heterocycles. The van der Waals surface area contributed by atoms with Crippen LogP contribution in [0.3, 0.4) is 0 Å². The number of carbonyl (C=O) groups is 2. The molecule has 0 aliphatic carbocycles. The predicted molar refractivity (Wildman–Crippen MR) is 81.0 cm³/mol. The predicted octanol–water partition coefficient (Wildman–Crippen LogP) is 2.58. The molecule has 116 valence electrons. The Morgan fingerprint density at radius 2 is 1.90 bits per heavy atom. The Morgan fingerprint density at radius 1 is 1.24 bits per heavy atom. The minimum Gasteiger partial charge on any atom is -0.493 e. The summed E-state index contributed by atoms with van der Waals surface area (Å²) in [6.07, 6.45) is 0.214. The van der Waals surface area contributed by atoms with Crippen LogP contribution in [0.5, 0.6) is 11.5 Å². The van der Waals surface area contributed by atoms with Gasteiger partial charge in [-0.2, -0.15) is 0 Å². The van der Waals surface area contributed by atoms with Gasteiger partial charge in [-0.3, -0.25) is 9.59 Å². The topological polar surface area (TPSA) is 64.6 Å². The molecule has 1 rings (SSSR count). The molecule has 0 aliphatic heterocycles. The summed E-state index contributed by atoms with van der Waals surface area (Å²) in [7, 11) is 1.50. The monoisotopic (exact) mass is 293 g/mol. The van der Waals surface area contributed by atoms with Gasteiger partial charge in [0.05, 0.1) is 7.11 Å². The van der Waals surface area contributed by atoms with Crippen molar-refractivity contribution >= 4 is 11.7 Å². The summed E-state index contributed by atoms with van der Waals surface area (Å²) in [5.74, 6) is 0.643. The molecule has 0 saturated heterocycles. The molecule has 2 unspecified atom stereocenters. The number of carbonyl (C=O) groups excluding carboxylic acids is 2. The number of methoxy groups -OCH3 is 1. The molecule has 0 fully saturated rings. The average molecular weight is 293 g/mol. The van der Waals surface area contributed by atoms with Crippen LogP contribution in [0.4, 0.5) is 0 Å². The first-order chi connectivity index (χ1) is 9.88. The standard InChI is InChI=1S/C16H23NO4/c1-6-10(2)17-16(19)12(4)21-14-8-7-13(11(3)18)9-15(14)20-5/h7-10,12H,6H2,1-5H3,(H,17,19). The molecule has 0 aromatic heterocycles. The van der Waals surface area contributed by atoms with Gasteiger partial charge in [0.25, 0.3) is 5.91 Å². The summed E-state index contributed by atoms with van der Waals surface area (Å²) in [5.41, 5.74) is 0.538. The van der Waals surface area contributed by atoms with E-state index in [0.29, 0.717) is 17.1 Å². The van der Waals surface area contributed by atoms with Crippen molar-refractivity contribution in [2.75, 3.05) is 7.11 Å². The lowest BCUT2D eigenvalue weighted by Crippen LogP contribution is -2.41. The largest absolute Gasteiger partial charge is 0.493 e. The van der Waals surface area contributed by atoms with Crippen LogP contribution in [0, 0.1) is 0 Å². The van der Waals surface area contributed by atoms with Crippen molar-refractivity contribution in [3.63, 3.8) is 0 Å². The van der Waals surface area contributed by atoms with Gasteiger partial charge in [-0.1, -0.05) is 6.92 Å². The Morgan fingerprint density at radius 3 is 2.43 bits per heavy atom. The highest BCUT2D eigenvalue weighted by molar-refractivity contribution is 5.94. The number of ketones is 1. The lowest BCUT2D eigenvalue weighted by molar-refractivity contribution is -0.127. The number of benzene rings is 1. The van der Waals surface area contributed by atoms with Crippen molar-refractivity contribution in [3.05, 3.63) is 23.8 Å². The molecule has 1 amide bonds. The maximum absolute atomic E-state index is 12.0. The number of hydrogen-bond donors (Lipinski definition) is 1. The summed E-state index contributed by atoms with van der Waals surface area (Å²) in [4.78, 5) is 23.3. The smallest absolute Gasteiger partial charge is 0.260 e. The molecule has 5 nitrogen and oxygen atoms in total. The molecule has 2 atom stereocenters. The van der Waals surface area contributed by atoms with Gasteiger partial charge in [-0.05, 0) is 45.4 Å². The molecule has 1 aromatic rings. The third-order valence-electron chi connectivity index (χ3n) is 3.24. The number of nitrogens with one attached hydrogen (secondary N) is 1. The zero-order valence-electron chi connectivity index (χ0n) is 13.2. The van der Waals surface area contributed by atoms with Crippen LogP contribution in [-0.2, 0) is 4.79 Å².